The second kappa shape index (κ2) is 9.60. The number of likely N-dealkylation sites (N-methyl/N-ethyl adjacent to an activating group) is 1. The van der Waals surface area contributed by atoms with Crippen LogP contribution in [0.3, 0.4) is 0 Å². The molecular formula is C24H19F3N4O2S. The smallest absolute Gasteiger partial charge is 0.311 e. The predicted octanol–water partition coefficient (Wildman–Crippen LogP) is 5.26. The maximum absolute atomic E-state index is 13.1. The largest absolute Gasteiger partial charge is 0.446 e. The summed E-state index contributed by atoms with van der Waals surface area (Å²) < 4.78 is 38.0. The van der Waals surface area contributed by atoms with Gasteiger partial charge in [-0.05, 0) is 36.0 Å². The topological polar surface area (TPSA) is 73.8 Å². The van der Waals surface area contributed by atoms with Crippen LogP contribution in [0.4, 0.5) is 29.3 Å². The van der Waals surface area contributed by atoms with E-state index in [1.807, 2.05) is 42.5 Å². The number of alkyl halides is 3. The molecule has 1 aliphatic rings. The van der Waals surface area contributed by atoms with Gasteiger partial charge in [-0.1, -0.05) is 54.6 Å². The van der Waals surface area contributed by atoms with E-state index in [9.17, 15) is 22.8 Å². The predicted molar refractivity (Wildman–Crippen MR) is 126 cm³/mol. The van der Waals surface area contributed by atoms with Crippen LogP contribution >= 0.6 is 11.8 Å². The van der Waals surface area contributed by atoms with Crippen molar-refractivity contribution in [1.29, 1.82) is 0 Å². The molecule has 1 heterocycles. The van der Waals surface area contributed by atoms with Gasteiger partial charge in [0, 0.05) is 28.8 Å². The van der Waals surface area contributed by atoms with Crippen LogP contribution in [0.1, 0.15) is 11.1 Å². The number of nitrogens with one attached hydrogen (secondary N) is 2. The molecule has 34 heavy (non-hydrogen) atoms. The van der Waals surface area contributed by atoms with Crippen LogP contribution in [-0.2, 0) is 4.79 Å². The van der Waals surface area contributed by atoms with E-state index in [-0.39, 0.29) is 22.3 Å². The molecule has 0 unspecified atom stereocenters. The van der Waals surface area contributed by atoms with Crippen LogP contribution in [-0.4, -0.2) is 36.4 Å². The normalized spacial score (nSPS) is 15.8. The van der Waals surface area contributed by atoms with Crippen molar-refractivity contribution in [3.63, 3.8) is 0 Å². The minimum absolute atomic E-state index is 0.0737. The van der Waals surface area contributed by atoms with Crippen LogP contribution in [0.5, 0.6) is 0 Å². The number of rotatable bonds is 4. The Kier molecular flexibility index (Phi) is 6.60. The zero-order valence-electron chi connectivity index (χ0n) is 17.8. The van der Waals surface area contributed by atoms with Crippen LogP contribution in [0.2, 0.25) is 0 Å². The van der Waals surface area contributed by atoms with Gasteiger partial charge in [0.2, 0.25) is 6.17 Å². The first-order valence-corrected chi connectivity index (χ1v) is 11.0. The molecule has 2 N–H and O–H groups in total. The summed E-state index contributed by atoms with van der Waals surface area (Å²) in [6.07, 6.45) is -1.25. The molecule has 3 aromatic rings. The first-order valence-electron chi connectivity index (χ1n) is 10.1. The zero-order valence-corrected chi connectivity index (χ0v) is 18.7. The molecule has 0 fully saturated rings. The summed E-state index contributed by atoms with van der Waals surface area (Å²) in [4.78, 5) is 31.7. The average molecular weight is 485 g/mol. The molecular weight excluding hydrogens is 465 g/mol. The number of anilines is 2. The fourth-order valence-electron chi connectivity index (χ4n) is 3.50. The number of halogens is 3. The van der Waals surface area contributed by atoms with Gasteiger partial charge in [-0.25, -0.2) is 9.79 Å². The number of para-hydroxylation sites is 1. The molecule has 1 atom stereocenters. The molecule has 0 spiro atoms. The van der Waals surface area contributed by atoms with Crippen LogP contribution in [0.25, 0.3) is 0 Å². The fraction of sp³-hybridized carbons (Fsp3) is 0.125. The summed E-state index contributed by atoms with van der Waals surface area (Å²) in [6, 6.07) is 21.1. The highest BCUT2D eigenvalue weighted by molar-refractivity contribution is 8.00. The van der Waals surface area contributed by atoms with Gasteiger partial charge in [0.25, 0.3) is 5.91 Å². The van der Waals surface area contributed by atoms with Gasteiger partial charge >= 0.3 is 11.5 Å². The van der Waals surface area contributed by atoms with Crippen molar-refractivity contribution in [2.75, 3.05) is 17.3 Å². The molecule has 3 amide bonds. The van der Waals surface area contributed by atoms with Crippen molar-refractivity contribution < 1.29 is 22.8 Å². The Bertz CT molecular complexity index is 1250. The first-order chi connectivity index (χ1) is 16.2. The van der Waals surface area contributed by atoms with Crippen LogP contribution < -0.4 is 15.5 Å². The van der Waals surface area contributed by atoms with Crippen molar-refractivity contribution >= 4 is 40.8 Å². The van der Waals surface area contributed by atoms with Gasteiger partial charge in [0.1, 0.15) is 0 Å². The first kappa shape index (κ1) is 23.4. The van der Waals surface area contributed by atoms with Crippen molar-refractivity contribution in [3.8, 4) is 0 Å². The van der Waals surface area contributed by atoms with Crippen LogP contribution in [0, 0.1) is 0 Å². The summed E-state index contributed by atoms with van der Waals surface area (Å²) in [5.41, 5.74) is -1.64. The standard InChI is InChI=1S/C24H19F3N4O2S/c1-31-19-13-6-5-12-18(19)20(15-8-3-2-4-9-15)29-21(22(31)32)30-23(33)28-16-10-7-11-17(14-16)34-24(25,26)27/h2-14,21H,1H3,(H2,28,30,33)/t21-/m0/s1. The summed E-state index contributed by atoms with van der Waals surface area (Å²) in [7, 11) is 1.59. The molecule has 0 saturated heterocycles. The summed E-state index contributed by atoms with van der Waals surface area (Å²) in [5.74, 6) is -0.463. The number of benzodiazepines with no additional fused rings is 1. The molecule has 0 aromatic heterocycles. The third-order valence-electron chi connectivity index (χ3n) is 4.98. The molecule has 0 saturated carbocycles. The SMILES string of the molecule is CN1C(=O)[C@H](NC(=O)Nc2cccc(SC(F)(F)F)c2)N=C(c2ccccc2)c2ccccc21. The Morgan fingerprint density at radius 2 is 1.71 bits per heavy atom. The van der Waals surface area contributed by atoms with E-state index in [0.29, 0.717) is 11.4 Å². The van der Waals surface area contributed by atoms with Crippen molar-refractivity contribution in [3.05, 3.63) is 90.0 Å². The number of fused-ring (bicyclic) bond motifs is 1. The lowest BCUT2D eigenvalue weighted by Gasteiger charge is -2.21. The molecule has 174 valence electrons. The van der Waals surface area contributed by atoms with Gasteiger partial charge in [-0.3, -0.25) is 4.79 Å². The third kappa shape index (κ3) is 5.40. The maximum Gasteiger partial charge on any atom is 0.446 e. The number of nitrogens with zero attached hydrogens (tertiary/aromatic N) is 2. The summed E-state index contributed by atoms with van der Waals surface area (Å²) >= 11 is -0.282. The monoisotopic (exact) mass is 484 g/mol. The Balaban J connectivity index is 1.61. The number of hydrogen-bond donors (Lipinski definition) is 2. The molecule has 10 heteroatoms. The van der Waals surface area contributed by atoms with Crippen molar-refractivity contribution in [2.24, 2.45) is 4.99 Å². The number of benzene rings is 3. The van der Waals surface area contributed by atoms with E-state index in [1.165, 1.54) is 29.2 Å². The Hall–Kier alpha value is -3.79. The molecule has 0 bridgehead atoms. The van der Waals surface area contributed by atoms with Gasteiger partial charge in [0.15, 0.2) is 0 Å². The molecule has 3 aromatic carbocycles. The zero-order chi connectivity index (χ0) is 24.3. The van der Waals surface area contributed by atoms with E-state index in [2.05, 4.69) is 15.6 Å². The minimum Gasteiger partial charge on any atom is -0.311 e. The number of amides is 3. The second-order valence-electron chi connectivity index (χ2n) is 7.33. The second-order valence-corrected chi connectivity index (χ2v) is 8.47. The highest BCUT2D eigenvalue weighted by Crippen LogP contribution is 2.37. The van der Waals surface area contributed by atoms with E-state index in [4.69, 9.17) is 0 Å². The molecule has 0 aliphatic carbocycles. The van der Waals surface area contributed by atoms with E-state index < -0.39 is 23.6 Å². The van der Waals surface area contributed by atoms with Gasteiger partial charge < -0.3 is 15.5 Å². The Morgan fingerprint density at radius 1 is 1.00 bits per heavy atom. The van der Waals surface area contributed by atoms with Gasteiger partial charge in [-0.15, -0.1) is 0 Å². The number of thioether (sulfide) groups is 1. The van der Waals surface area contributed by atoms with E-state index in [0.717, 1.165) is 11.1 Å². The van der Waals surface area contributed by atoms with Crippen LogP contribution in [0.15, 0.2) is 88.8 Å². The lowest BCUT2D eigenvalue weighted by molar-refractivity contribution is -0.119. The fourth-order valence-corrected chi connectivity index (χ4v) is 4.10. The number of urea groups is 1. The number of hydrogen-bond acceptors (Lipinski definition) is 4. The number of aliphatic imine (C=N–C) groups is 1. The van der Waals surface area contributed by atoms with Crippen molar-refractivity contribution in [1.82, 2.24) is 5.32 Å². The highest BCUT2D eigenvalue weighted by Gasteiger charge is 2.31. The Labute approximate surface area is 197 Å². The molecule has 6 nitrogen and oxygen atoms in total. The molecule has 1 aliphatic heterocycles. The number of carbonyl (C=O) groups excluding carboxylic acids is 2. The molecule has 4 rings (SSSR count). The Morgan fingerprint density at radius 3 is 2.44 bits per heavy atom. The molecule has 0 radical (unpaired) electrons. The lowest BCUT2D eigenvalue weighted by Crippen LogP contribution is -2.47. The minimum atomic E-state index is -4.45. The maximum atomic E-state index is 13.1. The summed E-state index contributed by atoms with van der Waals surface area (Å²) in [5, 5.41) is 5.01. The summed E-state index contributed by atoms with van der Waals surface area (Å²) in [6.45, 7) is 0. The number of carbonyl (C=O) groups is 2. The van der Waals surface area contributed by atoms with E-state index >= 15 is 0 Å². The quantitative estimate of drug-likeness (QED) is 0.496. The van der Waals surface area contributed by atoms with Crippen molar-refractivity contribution in [2.45, 2.75) is 16.6 Å². The average Bonchev–Trinajstić information content (AvgIpc) is 2.89. The highest BCUT2D eigenvalue weighted by atomic mass is 32.2. The van der Waals surface area contributed by atoms with Gasteiger partial charge in [0.05, 0.1) is 11.4 Å². The lowest BCUT2D eigenvalue weighted by atomic mass is 10.0. The third-order valence-corrected chi connectivity index (χ3v) is 5.70. The van der Waals surface area contributed by atoms with E-state index in [1.54, 1.807) is 19.2 Å². The van der Waals surface area contributed by atoms with Gasteiger partial charge in [-0.2, -0.15) is 13.2 Å².